The van der Waals surface area contributed by atoms with Gasteiger partial charge in [-0.15, -0.1) is 4.31 Å². The normalized spacial score (nSPS) is 24.5. The lowest BCUT2D eigenvalue weighted by atomic mass is 9.93. The Kier molecular flexibility index (Phi) is 4.31. The molecule has 0 amide bonds. The molecule has 1 fully saturated rings. The highest BCUT2D eigenvalue weighted by molar-refractivity contribution is 7.89. The number of hydrogen-bond donors (Lipinski definition) is 1. The molecule has 1 unspecified atom stereocenters. The van der Waals surface area contributed by atoms with E-state index in [2.05, 4.69) is 24.3 Å². The number of quaternary nitrogens is 1. The van der Waals surface area contributed by atoms with Crippen molar-refractivity contribution in [3.8, 4) is 0 Å². The van der Waals surface area contributed by atoms with Crippen molar-refractivity contribution in [2.24, 2.45) is 0 Å². The number of nitrogens with zero attached hydrogens (tertiary/aromatic N) is 1. The Bertz CT molecular complexity index is 1080. The Labute approximate surface area is 166 Å². The van der Waals surface area contributed by atoms with Crippen LogP contribution in [-0.2, 0) is 16.4 Å². The maximum absolute atomic E-state index is 13.6. The van der Waals surface area contributed by atoms with E-state index in [1.54, 1.807) is 28.6 Å². The molecule has 5 rings (SSSR count). The van der Waals surface area contributed by atoms with Crippen molar-refractivity contribution in [3.63, 3.8) is 0 Å². The molecule has 0 radical (unpaired) electrons. The predicted octanol–water partition coefficient (Wildman–Crippen LogP) is 2.57. The molecule has 3 aromatic rings. The molecular weight excluding hydrogens is 368 g/mol. The molecule has 3 aromatic carbocycles. The van der Waals surface area contributed by atoms with Gasteiger partial charge >= 0.3 is 0 Å². The largest absolute Gasteiger partial charge is 0.308 e. The van der Waals surface area contributed by atoms with E-state index in [4.69, 9.17) is 0 Å². The van der Waals surface area contributed by atoms with Gasteiger partial charge in [0.05, 0.1) is 18.0 Å². The first kappa shape index (κ1) is 17.6. The fourth-order valence-electron chi connectivity index (χ4n) is 4.75. The van der Waals surface area contributed by atoms with Crippen molar-refractivity contribution < 1.29 is 13.3 Å². The van der Waals surface area contributed by atoms with Crippen LogP contribution in [0.15, 0.2) is 89.8 Å². The van der Waals surface area contributed by atoms with Crippen LogP contribution < -0.4 is 4.90 Å². The molecule has 142 valence electrons. The molecule has 0 bridgehead atoms. The standard InChI is InChI=1S/C23H22N2O2S/c26-28(27,20-12-5-2-6-13-20)25-17-22-21-14-8-7-9-18(21)15-16-24(22)23(25)19-10-3-1-4-11-19/h1-14,22-23H,15-17H2/p+1/t22-,23-/m0/s1. The Morgan fingerprint density at radius 2 is 1.46 bits per heavy atom. The minimum atomic E-state index is -3.58. The van der Waals surface area contributed by atoms with E-state index < -0.39 is 10.0 Å². The van der Waals surface area contributed by atoms with E-state index in [0.29, 0.717) is 11.4 Å². The molecule has 3 atom stereocenters. The lowest BCUT2D eigenvalue weighted by molar-refractivity contribution is -0.953. The van der Waals surface area contributed by atoms with Gasteiger partial charge in [0.1, 0.15) is 6.04 Å². The summed E-state index contributed by atoms with van der Waals surface area (Å²) in [6.07, 6.45) is 0.773. The topological polar surface area (TPSA) is 41.8 Å². The summed E-state index contributed by atoms with van der Waals surface area (Å²) in [7, 11) is -3.58. The average Bonchev–Trinajstić information content (AvgIpc) is 3.16. The molecule has 0 aliphatic carbocycles. The highest BCUT2D eigenvalue weighted by Gasteiger charge is 2.52. The third kappa shape index (κ3) is 2.78. The zero-order chi connectivity index (χ0) is 19.1. The lowest BCUT2D eigenvalue weighted by Crippen LogP contribution is -3.12. The monoisotopic (exact) mass is 391 g/mol. The second kappa shape index (κ2) is 6.85. The van der Waals surface area contributed by atoms with Crippen molar-refractivity contribution in [2.45, 2.75) is 23.5 Å². The highest BCUT2D eigenvalue weighted by atomic mass is 32.2. The second-order valence-electron chi connectivity index (χ2n) is 7.53. The van der Waals surface area contributed by atoms with E-state index in [9.17, 15) is 8.42 Å². The fourth-order valence-corrected chi connectivity index (χ4v) is 6.40. The van der Waals surface area contributed by atoms with Crippen molar-refractivity contribution in [3.05, 3.63) is 102 Å². The van der Waals surface area contributed by atoms with Gasteiger partial charge in [-0.1, -0.05) is 72.8 Å². The van der Waals surface area contributed by atoms with Crippen LogP contribution in [0.4, 0.5) is 0 Å². The van der Waals surface area contributed by atoms with Gasteiger partial charge in [0, 0.05) is 17.5 Å². The molecule has 0 spiro atoms. The zero-order valence-corrected chi connectivity index (χ0v) is 16.3. The summed E-state index contributed by atoms with van der Waals surface area (Å²) in [5, 5.41) is 0. The van der Waals surface area contributed by atoms with Crippen LogP contribution in [0.1, 0.15) is 28.9 Å². The third-order valence-electron chi connectivity index (χ3n) is 6.03. The maximum atomic E-state index is 13.6. The Hall–Kier alpha value is -2.47. The summed E-state index contributed by atoms with van der Waals surface area (Å²) in [4.78, 5) is 1.69. The molecule has 1 saturated heterocycles. The van der Waals surface area contributed by atoms with Gasteiger partial charge in [0.2, 0.25) is 10.0 Å². The molecular formula is C23H23N2O2S+. The molecule has 0 saturated carbocycles. The number of benzene rings is 3. The number of sulfonamides is 1. The summed E-state index contributed by atoms with van der Waals surface area (Å²) in [5.74, 6) is 0. The smallest absolute Gasteiger partial charge is 0.248 e. The third-order valence-corrected chi connectivity index (χ3v) is 7.87. The number of hydrogen-bond acceptors (Lipinski definition) is 2. The molecule has 4 nitrogen and oxygen atoms in total. The van der Waals surface area contributed by atoms with Crippen LogP contribution in [0.2, 0.25) is 0 Å². The van der Waals surface area contributed by atoms with E-state index in [1.807, 2.05) is 36.4 Å². The minimum Gasteiger partial charge on any atom is -0.308 e. The molecule has 28 heavy (non-hydrogen) atoms. The highest BCUT2D eigenvalue weighted by Crippen LogP contribution is 2.34. The fraction of sp³-hybridized carbons (Fsp3) is 0.217. The van der Waals surface area contributed by atoms with Crippen LogP contribution in [-0.4, -0.2) is 25.8 Å². The SMILES string of the molecule is O=S(=O)(c1ccccc1)N1C[C@H]2c3ccccc3CC[NH+]2[C@@H]1c1ccccc1. The molecule has 2 aliphatic rings. The molecule has 2 aliphatic heterocycles. The van der Waals surface area contributed by atoms with Crippen LogP contribution >= 0.6 is 0 Å². The number of fused-ring (bicyclic) bond motifs is 3. The molecule has 1 N–H and O–H groups in total. The van der Waals surface area contributed by atoms with E-state index in [1.165, 1.54) is 16.0 Å². The van der Waals surface area contributed by atoms with Gasteiger partial charge in [0.15, 0.2) is 6.17 Å². The first-order valence-corrected chi connectivity index (χ1v) is 11.2. The van der Waals surface area contributed by atoms with Crippen LogP contribution in [0.25, 0.3) is 0 Å². The molecule has 2 heterocycles. The lowest BCUT2D eigenvalue weighted by Gasteiger charge is -2.32. The number of rotatable bonds is 3. The Morgan fingerprint density at radius 1 is 0.821 bits per heavy atom. The van der Waals surface area contributed by atoms with Crippen molar-refractivity contribution in [2.75, 3.05) is 13.1 Å². The quantitative estimate of drug-likeness (QED) is 0.746. The van der Waals surface area contributed by atoms with Gasteiger partial charge in [-0.2, -0.15) is 0 Å². The van der Waals surface area contributed by atoms with Gasteiger partial charge in [-0.25, -0.2) is 8.42 Å². The van der Waals surface area contributed by atoms with Crippen LogP contribution in [0, 0.1) is 0 Å². The summed E-state index contributed by atoms with van der Waals surface area (Å²) in [6.45, 7) is 1.44. The first-order valence-electron chi connectivity index (χ1n) is 9.71. The molecule has 0 aromatic heterocycles. The van der Waals surface area contributed by atoms with Gasteiger partial charge < -0.3 is 4.90 Å². The second-order valence-corrected chi connectivity index (χ2v) is 9.42. The van der Waals surface area contributed by atoms with E-state index in [-0.39, 0.29) is 12.2 Å². The van der Waals surface area contributed by atoms with Crippen LogP contribution in [0.5, 0.6) is 0 Å². The van der Waals surface area contributed by atoms with Gasteiger partial charge in [0.25, 0.3) is 0 Å². The van der Waals surface area contributed by atoms with E-state index in [0.717, 1.165) is 18.5 Å². The average molecular weight is 392 g/mol. The summed E-state index contributed by atoms with van der Waals surface area (Å²) in [6, 6.07) is 27.5. The summed E-state index contributed by atoms with van der Waals surface area (Å²) >= 11 is 0. The van der Waals surface area contributed by atoms with Crippen molar-refractivity contribution >= 4 is 10.0 Å². The van der Waals surface area contributed by atoms with Gasteiger partial charge in [-0.3, -0.25) is 0 Å². The Balaban J connectivity index is 1.64. The molecule has 5 heteroatoms. The predicted molar refractivity (Wildman–Crippen MR) is 108 cm³/mol. The van der Waals surface area contributed by atoms with Crippen molar-refractivity contribution in [1.29, 1.82) is 0 Å². The van der Waals surface area contributed by atoms with E-state index >= 15 is 0 Å². The summed E-state index contributed by atoms with van der Waals surface area (Å²) in [5.41, 5.74) is 3.69. The Morgan fingerprint density at radius 3 is 2.21 bits per heavy atom. The zero-order valence-electron chi connectivity index (χ0n) is 15.5. The van der Waals surface area contributed by atoms with Crippen molar-refractivity contribution in [1.82, 2.24) is 4.31 Å². The summed E-state index contributed by atoms with van der Waals surface area (Å²) < 4.78 is 28.9. The van der Waals surface area contributed by atoms with Gasteiger partial charge in [-0.05, 0) is 17.7 Å². The van der Waals surface area contributed by atoms with Crippen LogP contribution in [0.3, 0.4) is 0 Å². The number of nitrogens with one attached hydrogen (secondary N) is 1. The maximum Gasteiger partial charge on any atom is 0.248 e. The minimum absolute atomic E-state index is 0.161. The first-order chi connectivity index (χ1) is 13.7.